The summed E-state index contributed by atoms with van der Waals surface area (Å²) in [7, 11) is 0. The topological polar surface area (TPSA) is 86.4 Å². The van der Waals surface area contributed by atoms with Crippen LogP contribution in [0, 0.1) is 0 Å². The largest absolute Gasteiger partial charge is 0.333 e. The lowest BCUT2D eigenvalue weighted by atomic mass is 9.99. The summed E-state index contributed by atoms with van der Waals surface area (Å²) < 4.78 is 0. The fourth-order valence-corrected chi connectivity index (χ4v) is 4.89. The molecular formula is C21H26N4O3S. The van der Waals surface area contributed by atoms with Gasteiger partial charge in [0.1, 0.15) is 5.82 Å². The van der Waals surface area contributed by atoms with E-state index in [0.29, 0.717) is 42.2 Å². The monoisotopic (exact) mass is 414 g/mol. The summed E-state index contributed by atoms with van der Waals surface area (Å²) in [6.45, 7) is 3.53. The minimum absolute atomic E-state index is 0.0438. The molecule has 0 unspecified atom stereocenters. The number of hydrogen-bond donors (Lipinski definition) is 1. The van der Waals surface area contributed by atoms with Crippen LogP contribution in [0.5, 0.6) is 0 Å². The van der Waals surface area contributed by atoms with Crippen LogP contribution in [0.4, 0.5) is 0 Å². The Balaban J connectivity index is 1.58. The number of carbonyl (C=O) groups excluding carboxylic acids is 2. The van der Waals surface area contributed by atoms with Crippen LogP contribution >= 0.6 is 11.3 Å². The Kier molecular flexibility index (Phi) is 5.80. The maximum atomic E-state index is 12.8. The molecule has 29 heavy (non-hydrogen) atoms. The molecule has 7 nitrogen and oxygen atoms in total. The highest BCUT2D eigenvalue weighted by Gasteiger charge is 2.31. The van der Waals surface area contributed by atoms with Gasteiger partial charge in [0.2, 0.25) is 5.91 Å². The first-order chi connectivity index (χ1) is 14.1. The maximum absolute atomic E-state index is 12.8. The molecule has 0 aromatic carbocycles. The third kappa shape index (κ3) is 3.99. The van der Waals surface area contributed by atoms with Crippen LogP contribution < -0.4 is 5.56 Å². The van der Waals surface area contributed by atoms with Gasteiger partial charge in [-0.25, -0.2) is 4.98 Å². The molecule has 4 heterocycles. The molecule has 4 rings (SSSR count). The van der Waals surface area contributed by atoms with Crippen molar-refractivity contribution >= 4 is 23.2 Å². The number of piperidine rings is 1. The second kappa shape index (κ2) is 8.49. The van der Waals surface area contributed by atoms with Crippen LogP contribution in [-0.4, -0.2) is 44.7 Å². The third-order valence-electron chi connectivity index (χ3n) is 5.71. The standard InChI is InChI=1S/C21H26N4O3S/c1-2-6-18(26)25-10-4-3-7-16(25)19-22-15-9-11-24(13-14(15)20(27)23-19)21(28)17-8-5-12-29-17/h5,8,12,16H,2-4,6-7,9-11,13H2,1H3,(H,22,23,27)/t16-/m0/s1. The number of aromatic nitrogens is 2. The molecule has 0 aliphatic carbocycles. The number of fused-ring (bicyclic) bond motifs is 1. The average molecular weight is 415 g/mol. The molecule has 2 amide bonds. The van der Waals surface area contributed by atoms with Crippen LogP contribution in [0.1, 0.15) is 71.8 Å². The first-order valence-corrected chi connectivity index (χ1v) is 11.2. The van der Waals surface area contributed by atoms with Crippen molar-refractivity contribution in [1.82, 2.24) is 19.8 Å². The highest BCUT2D eigenvalue weighted by Crippen LogP contribution is 2.30. The summed E-state index contributed by atoms with van der Waals surface area (Å²) in [6.07, 6.45) is 4.71. The number of hydrogen-bond acceptors (Lipinski definition) is 5. The summed E-state index contributed by atoms with van der Waals surface area (Å²) in [5, 5.41) is 1.88. The first-order valence-electron chi connectivity index (χ1n) is 10.3. The number of nitrogens with one attached hydrogen (secondary N) is 1. The fraction of sp³-hybridized carbons (Fsp3) is 0.524. The Bertz CT molecular complexity index is 953. The molecule has 154 valence electrons. The van der Waals surface area contributed by atoms with Crippen molar-refractivity contribution in [2.75, 3.05) is 13.1 Å². The Labute approximate surface area is 173 Å². The number of aromatic amines is 1. The Hall–Kier alpha value is -2.48. The zero-order valence-electron chi connectivity index (χ0n) is 16.6. The summed E-state index contributed by atoms with van der Waals surface area (Å²) >= 11 is 1.41. The molecule has 2 aromatic rings. The number of amides is 2. The zero-order chi connectivity index (χ0) is 20.4. The maximum Gasteiger partial charge on any atom is 0.264 e. The van der Waals surface area contributed by atoms with Gasteiger partial charge in [-0.1, -0.05) is 13.0 Å². The van der Waals surface area contributed by atoms with E-state index in [1.807, 2.05) is 23.3 Å². The Morgan fingerprint density at radius 3 is 2.93 bits per heavy atom. The summed E-state index contributed by atoms with van der Waals surface area (Å²) in [4.78, 5) is 50.0. The van der Waals surface area contributed by atoms with Crippen molar-refractivity contribution in [2.24, 2.45) is 0 Å². The van der Waals surface area contributed by atoms with Gasteiger partial charge in [0.05, 0.1) is 28.7 Å². The van der Waals surface area contributed by atoms with Crippen molar-refractivity contribution in [2.45, 2.75) is 58.0 Å². The van der Waals surface area contributed by atoms with Gasteiger partial charge in [-0.2, -0.15) is 0 Å². The minimum atomic E-state index is -0.192. The van der Waals surface area contributed by atoms with Gasteiger partial charge in [-0.05, 0) is 37.1 Å². The van der Waals surface area contributed by atoms with Crippen molar-refractivity contribution in [1.29, 1.82) is 0 Å². The molecule has 0 saturated carbocycles. The lowest BCUT2D eigenvalue weighted by molar-refractivity contribution is -0.135. The quantitative estimate of drug-likeness (QED) is 0.833. The van der Waals surface area contributed by atoms with Gasteiger partial charge in [0.15, 0.2) is 0 Å². The van der Waals surface area contributed by atoms with E-state index in [1.165, 1.54) is 11.3 Å². The molecule has 2 aromatic heterocycles. The number of nitrogens with zero attached hydrogens (tertiary/aromatic N) is 3. The summed E-state index contributed by atoms with van der Waals surface area (Å²) in [5.41, 5.74) is 1.13. The molecule has 8 heteroatoms. The highest BCUT2D eigenvalue weighted by molar-refractivity contribution is 7.12. The summed E-state index contributed by atoms with van der Waals surface area (Å²) in [5.74, 6) is 0.680. The van der Waals surface area contributed by atoms with Crippen molar-refractivity contribution in [3.8, 4) is 0 Å². The van der Waals surface area contributed by atoms with Crippen molar-refractivity contribution < 1.29 is 9.59 Å². The van der Waals surface area contributed by atoms with Gasteiger partial charge in [0, 0.05) is 25.9 Å². The first kappa shape index (κ1) is 19.8. The van der Waals surface area contributed by atoms with E-state index < -0.39 is 0 Å². The van der Waals surface area contributed by atoms with Gasteiger partial charge < -0.3 is 14.8 Å². The summed E-state index contributed by atoms with van der Waals surface area (Å²) in [6, 6.07) is 3.50. The lowest BCUT2D eigenvalue weighted by Crippen LogP contribution is -2.42. The molecule has 2 aliphatic rings. The van der Waals surface area contributed by atoms with Crippen LogP contribution in [-0.2, 0) is 17.8 Å². The van der Waals surface area contributed by atoms with E-state index >= 15 is 0 Å². The second-order valence-electron chi connectivity index (χ2n) is 7.68. The Morgan fingerprint density at radius 2 is 2.17 bits per heavy atom. The van der Waals surface area contributed by atoms with Crippen LogP contribution in [0.3, 0.4) is 0 Å². The van der Waals surface area contributed by atoms with Gasteiger partial charge in [0.25, 0.3) is 11.5 Å². The fourth-order valence-electron chi connectivity index (χ4n) is 4.20. The lowest BCUT2D eigenvalue weighted by Gasteiger charge is -2.36. The minimum Gasteiger partial charge on any atom is -0.333 e. The molecule has 1 N–H and O–H groups in total. The van der Waals surface area contributed by atoms with E-state index in [2.05, 4.69) is 4.98 Å². The normalized spacial score (nSPS) is 19.1. The van der Waals surface area contributed by atoms with Crippen LogP contribution in [0.25, 0.3) is 0 Å². The zero-order valence-corrected chi connectivity index (χ0v) is 17.5. The van der Waals surface area contributed by atoms with Gasteiger partial charge in [-0.3, -0.25) is 14.4 Å². The number of H-pyrrole nitrogens is 1. The average Bonchev–Trinajstić information content (AvgIpc) is 3.28. The third-order valence-corrected chi connectivity index (χ3v) is 6.57. The molecule has 0 radical (unpaired) electrons. The molecule has 2 aliphatic heterocycles. The molecule has 0 spiro atoms. The van der Waals surface area contributed by atoms with Crippen LogP contribution in [0.15, 0.2) is 22.3 Å². The van der Waals surface area contributed by atoms with Gasteiger partial charge >= 0.3 is 0 Å². The van der Waals surface area contributed by atoms with Crippen molar-refractivity contribution in [3.05, 3.63) is 49.8 Å². The van der Waals surface area contributed by atoms with E-state index in [4.69, 9.17) is 4.98 Å². The molecule has 1 saturated heterocycles. The van der Waals surface area contributed by atoms with Crippen molar-refractivity contribution in [3.63, 3.8) is 0 Å². The van der Waals surface area contributed by atoms with E-state index in [1.54, 1.807) is 11.0 Å². The predicted octanol–water partition coefficient (Wildman–Crippen LogP) is 2.88. The molecule has 0 bridgehead atoms. The molecule has 1 fully saturated rings. The predicted molar refractivity (Wildman–Crippen MR) is 111 cm³/mol. The Morgan fingerprint density at radius 1 is 1.31 bits per heavy atom. The molecular weight excluding hydrogens is 388 g/mol. The number of carbonyl (C=O) groups is 2. The van der Waals surface area contributed by atoms with E-state index in [0.717, 1.165) is 31.4 Å². The van der Waals surface area contributed by atoms with E-state index in [-0.39, 0.29) is 30.0 Å². The van der Waals surface area contributed by atoms with E-state index in [9.17, 15) is 14.4 Å². The highest BCUT2D eigenvalue weighted by atomic mass is 32.1. The molecule has 1 atom stereocenters. The number of thiophene rings is 1. The number of rotatable bonds is 4. The number of likely N-dealkylation sites (tertiary alicyclic amines) is 1. The SMILES string of the molecule is CCCC(=O)N1CCCC[C@H]1c1nc2c(c(=O)[nH]1)CN(C(=O)c1cccs1)CC2. The van der Waals surface area contributed by atoms with Gasteiger partial charge in [-0.15, -0.1) is 11.3 Å². The second-order valence-corrected chi connectivity index (χ2v) is 8.63. The van der Waals surface area contributed by atoms with Crippen LogP contribution in [0.2, 0.25) is 0 Å². The smallest absolute Gasteiger partial charge is 0.264 e.